The van der Waals surface area contributed by atoms with E-state index in [9.17, 15) is 0 Å². The first-order valence-corrected chi connectivity index (χ1v) is 1.97. The van der Waals surface area contributed by atoms with Crippen LogP contribution in [0, 0.1) is 0 Å². The van der Waals surface area contributed by atoms with E-state index in [1.165, 1.54) is 0 Å². The van der Waals surface area contributed by atoms with Gasteiger partial charge in [0, 0.05) is 6.20 Å². The van der Waals surface area contributed by atoms with Gasteiger partial charge in [0.05, 0.1) is 0 Å². The normalized spacial score (nSPS) is 17.0. The molecule has 0 spiro atoms. The van der Waals surface area contributed by atoms with Crippen molar-refractivity contribution < 1.29 is 0 Å². The molecule has 1 aliphatic heterocycles. The molecule has 0 aromatic carbocycles. The minimum Gasteiger partial charge on any atom is -0.284 e. The van der Waals surface area contributed by atoms with Crippen LogP contribution in [0.15, 0.2) is 12.3 Å². The van der Waals surface area contributed by atoms with E-state index in [4.69, 9.17) is 0 Å². The van der Waals surface area contributed by atoms with Gasteiger partial charge in [0.2, 0.25) is 0 Å². The summed E-state index contributed by atoms with van der Waals surface area (Å²) in [6.07, 6.45) is 3.43. The zero-order chi connectivity index (χ0) is 4.41. The maximum Gasteiger partial charge on any atom is 0.147 e. The molecule has 0 aromatic heterocycles. The Labute approximate surface area is 41.2 Å². The first-order valence-electron chi connectivity index (χ1n) is 1.56. The lowest BCUT2D eigenvalue weighted by Gasteiger charge is -1.82. The van der Waals surface area contributed by atoms with Gasteiger partial charge in [0.1, 0.15) is 4.99 Å². The third-order valence-electron chi connectivity index (χ3n) is 0.475. The van der Waals surface area contributed by atoms with Gasteiger partial charge in [-0.2, -0.15) is 5.43 Å². The average molecular weight is 99.1 g/mol. The van der Waals surface area contributed by atoms with Gasteiger partial charge in [-0.05, 0) is 6.08 Å². The van der Waals surface area contributed by atoms with Crippen molar-refractivity contribution in [2.75, 3.05) is 0 Å². The molecule has 3 heteroatoms. The van der Waals surface area contributed by atoms with Gasteiger partial charge in [0.25, 0.3) is 0 Å². The van der Waals surface area contributed by atoms with Gasteiger partial charge in [-0.1, -0.05) is 12.2 Å². The van der Waals surface area contributed by atoms with Gasteiger partial charge >= 0.3 is 0 Å². The molecule has 0 fully saturated rings. The van der Waals surface area contributed by atoms with Crippen LogP contribution in [-0.4, -0.2) is 4.99 Å². The van der Waals surface area contributed by atoms with Crippen molar-refractivity contribution in [2.45, 2.75) is 0 Å². The van der Waals surface area contributed by atoms with Crippen molar-refractivity contribution in [1.29, 1.82) is 0 Å². The maximum absolute atomic E-state index is 4.60. The summed E-state index contributed by atoms with van der Waals surface area (Å²) in [4.78, 5) is 0.620. The lowest BCUT2D eigenvalue weighted by molar-refractivity contribution is 0.843. The average Bonchev–Trinajstić information content (AvgIpc) is 1.86. The Hall–Kier alpha value is -0.570. The van der Waals surface area contributed by atoms with Crippen molar-refractivity contribution in [3.8, 4) is 0 Å². The highest BCUT2D eigenvalue weighted by molar-refractivity contribution is 7.80. The number of thiocarbonyl (C=S) groups is 1. The highest BCUT2D eigenvalue weighted by Gasteiger charge is 1.92. The topological polar surface area (TPSA) is 26.1 Å². The molecule has 0 unspecified atom stereocenters. The second kappa shape index (κ2) is 1.26. The van der Waals surface area contributed by atoms with E-state index < -0.39 is 0 Å². The van der Waals surface area contributed by atoms with Gasteiger partial charge in [0.15, 0.2) is 0 Å². The van der Waals surface area contributed by atoms with Crippen LogP contribution >= 0.6 is 12.2 Å². The summed E-state index contributed by atoms with van der Waals surface area (Å²) in [6.45, 7) is 0. The Bertz CT molecular complexity index is 97.0. The summed E-state index contributed by atoms with van der Waals surface area (Å²) in [5.74, 6) is 0. The Morgan fingerprint density at radius 1 is 1.83 bits per heavy atom. The fourth-order valence-corrected chi connectivity index (χ4v) is 0.367. The van der Waals surface area contributed by atoms with E-state index in [0.29, 0.717) is 4.99 Å². The van der Waals surface area contributed by atoms with Gasteiger partial charge in [-0.15, -0.1) is 0 Å². The fraction of sp³-hybridized carbons (Fsp3) is 0. The monoisotopic (exact) mass is 99.0 g/mol. The lowest BCUT2D eigenvalue weighted by Crippen LogP contribution is -2.14. The molecule has 0 atom stereocenters. The molecule has 1 rings (SSSR count). The molecule has 1 radical (unpaired) electrons. The summed E-state index contributed by atoms with van der Waals surface area (Å²) in [6, 6.07) is 0. The number of rotatable bonds is 0. The molecule has 1 aliphatic rings. The second-order valence-electron chi connectivity index (χ2n) is 0.912. The summed E-state index contributed by atoms with van der Waals surface area (Å²) in [7, 11) is 0. The molecular formula is C3H3N2S. The fourth-order valence-electron chi connectivity index (χ4n) is 0.247. The van der Waals surface area contributed by atoms with Crippen LogP contribution < -0.4 is 10.9 Å². The SMILES string of the molecule is S=C1C=CN[N]1. The summed E-state index contributed by atoms with van der Waals surface area (Å²) in [5, 5.41) is 0. The van der Waals surface area contributed by atoms with Crippen LogP contribution in [0.4, 0.5) is 0 Å². The lowest BCUT2D eigenvalue weighted by atomic mass is 10.7. The van der Waals surface area contributed by atoms with Gasteiger partial charge < -0.3 is 0 Å². The van der Waals surface area contributed by atoms with Gasteiger partial charge in [-0.25, -0.2) is 0 Å². The van der Waals surface area contributed by atoms with Crippen LogP contribution in [0.5, 0.6) is 0 Å². The van der Waals surface area contributed by atoms with Crippen molar-refractivity contribution in [3.05, 3.63) is 12.3 Å². The van der Waals surface area contributed by atoms with Crippen LogP contribution in [0.3, 0.4) is 0 Å². The molecule has 1 N–H and O–H groups in total. The molecule has 6 heavy (non-hydrogen) atoms. The molecule has 0 saturated carbocycles. The highest BCUT2D eigenvalue weighted by Crippen LogP contribution is 1.80. The molecule has 0 bridgehead atoms. The van der Waals surface area contributed by atoms with Crippen LogP contribution in [0.25, 0.3) is 0 Å². The zero-order valence-corrected chi connectivity index (χ0v) is 3.83. The summed E-state index contributed by atoms with van der Waals surface area (Å²) < 4.78 is 0. The maximum atomic E-state index is 4.60. The Morgan fingerprint density at radius 3 is 2.83 bits per heavy atom. The number of nitrogens with zero attached hydrogens (tertiary/aromatic N) is 1. The van der Waals surface area contributed by atoms with E-state index in [1.54, 1.807) is 12.3 Å². The van der Waals surface area contributed by atoms with Crippen LogP contribution in [0.1, 0.15) is 0 Å². The predicted octanol–water partition coefficient (Wildman–Crippen LogP) is -0.0499. The quantitative estimate of drug-likeness (QED) is 0.431. The highest BCUT2D eigenvalue weighted by atomic mass is 32.1. The van der Waals surface area contributed by atoms with E-state index in [-0.39, 0.29) is 0 Å². The second-order valence-corrected chi connectivity index (χ2v) is 1.33. The molecular weight excluding hydrogens is 96.1 g/mol. The molecule has 0 aliphatic carbocycles. The first-order chi connectivity index (χ1) is 2.89. The third kappa shape index (κ3) is 0.490. The summed E-state index contributed by atoms with van der Waals surface area (Å²) in [5.41, 5.74) is 6.18. The van der Waals surface area contributed by atoms with Crippen molar-refractivity contribution in [1.82, 2.24) is 10.9 Å². The van der Waals surface area contributed by atoms with Crippen LogP contribution in [0.2, 0.25) is 0 Å². The summed E-state index contributed by atoms with van der Waals surface area (Å²) >= 11 is 4.60. The minimum atomic E-state index is 0.620. The Kier molecular flexibility index (Phi) is 0.759. The zero-order valence-electron chi connectivity index (χ0n) is 3.01. The molecule has 0 aromatic rings. The molecule has 0 saturated heterocycles. The van der Waals surface area contributed by atoms with E-state index in [2.05, 4.69) is 23.1 Å². The molecule has 0 amide bonds. The van der Waals surface area contributed by atoms with Crippen molar-refractivity contribution in [3.63, 3.8) is 0 Å². The molecule has 31 valence electrons. The number of hydrogen-bond donors (Lipinski definition) is 1. The van der Waals surface area contributed by atoms with E-state index in [1.807, 2.05) is 0 Å². The van der Waals surface area contributed by atoms with E-state index >= 15 is 0 Å². The number of hydrogen-bond acceptors (Lipinski definition) is 2. The number of nitrogens with one attached hydrogen (secondary N) is 1. The predicted molar refractivity (Wildman–Crippen MR) is 27.0 cm³/mol. The third-order valence-corrected chi connectivity index (χ3v) is 0.703. The first kappa shape index (κ1) is 3.61. The van der Waals surface area contributed by atoms with E-state index in [0.717, 1.165) is 0 Å². The van der Waals surface area contributed by atoms with Gasteiger partial charge in [-0.3, -0.25) is 5.43 Å². The van der Waals surface area contributed by atoms with Crippen molar-refractivity contribution >= 4 is 17.2 Å². The van der Waals surface area contributed by atoms with Crippen molar-refractivity contribution in [2.24, 2.45) is 0 Å². The Balaban J connectivity index is 2.59. The Morgan fingerprint density at radius 2 is 2.67 bits per heavy atom. The van der Waals surface area contributed by atoms with Crippen LogP contribution in [-0.2, 0) is 0 Å². The molecule has 2 nitrogen and oxygen atoms in total. The minimum absolute atomic E-state index is 0.620. The largest absolute Gasteiger partial charge is 0.284 e. The standard InChI is InChI=1S/C3H3N2S/c6-3-1-2-4-5-3/h1-2,4H. The molecule has 1 heterocycles. The smallest absolute Gasteiger partial charge is 0.147 e.